The molecule has 0 N–H and O–H groups in total. The molecule has 8 aromatic rings. The summed E-state index contributed by atoms with van der Waals surface area (Å²) in [5.41, 5.74) is 7.58. The van der Waals surface area contributed by atoms with Crippen molar-refractivity contribution in [1.29, 1.82) is 0 Å². The van der Waals surface area contributed by atoms with E-state index in [1.165, 1.54) is 4.40 Å². The summed E-state index contributed by atoms with van der Waals surface area (Å²) in [5, 5.41) is 4.12. The smallest absolute Gasteiger partial charge is 0 e. The first-order valence-electron chi connectivity index (χ1n) is 15.7. The van der Waals surface area contributed by atoms with Crippen molar-refractivity contribution in [1.82, 2.24) is 9.97 Å². The van der Waals surface area contributed by atoms with Gasteiger partial charge in [0.2, 0.25) is 0 Å². The molecule has 0 aliphatic carbocycles. The van der Waals surface area contributed by atoms with Crippen LogP contribution < -0.4 is 4.40 Å². The van der Waals surface area contributed by atoms with E-state index < -0.39 is 19.2 Å². The Kier molecular flexibility index (Phi) is 8.65. The molecule has 4 nitrogen and oxygen atoms in total. The minimum absolute atomic E-state index is 0. The van der Waals surface area contributed by atoms with Gasteiger partial charge in [0.25, 0.3) is 0 Å². The summed E-state index contributed by atoms with van der Waals surface area (Å²) in [7, 11) is 0. The number of pyridine rings is 2. The molecule has 1 radical (unpaired) electrons. The van der Waals surface area contributed by atoms with E-state index in [-0.39, 0.29) is 20.1 Å². The van der Waals surface area contributed by atoms with Gasteiger partial charge in [-0.2, -0.15) is 0 Å². The third-order valence-corrected chi connectivity index (χ3v) is 12.4. The Balaban J connectivity index is 0.000000194. The van der Waals surface area contributed by atoms with Gasteiger partial charge in [0.1, 0.15) is 5.58 Å². The number of benzene rings is 4. The quantitative estimate of drug-likeness (QED) is 0.131. The fraction of sp³-hybridized carbons (Fsp3) is 0.150. The van der Waals surface area contributed by atoms with Crippen LogP contribution in [0, 0.1) is 12.1 Å². The number of para-hydroxylation sites is 1. The van der Waals surface area contributed by atoms with Crippen LogP contribution in [0.1, 0.15) is 26.7 Å². The monoisotopic (exact) mass is 842 g/mol. The van der Waals surface area contributed by atoms with Gasteiger partial charge in [-0.05, 0) is 29.8 Å². The molecular formula is C40H34GeIrN2O2-2. The van der Waals surface area contributed by atoms with Crippen LogP contribution >= 0.6 is 0 Å². The molecule has 0 aliphatic rings. The number of fused-ring (bicyclic) bond motifs is 7. The number of hydrogen-bond donors (Lipinski definition) is 0. The maximum absolute atomic E-state index is 8.35. The molecule has 0 aliphatic heterocycles. The van der Waals surface area contributed by atoms with Crippen molar-refractivity contribution in [3.8, 4) is 22.5 Å². The summed E-state index contributed by atoms with van der Waals surface area (Å²) in [6.45, 7) is 3.74. The van der Waals surface area contributed by atoms with E-state index in [0.29, 0.717) is 0 Å². The van der Waals surface area contributed by atoms with Crippen molar-refractivity contribution < 1.29 is 30.3 Å². The second-order valence-corrected chi connectivity index (χ2v) is 23.2. The van der Waals surface area contributed by atoms with Gasteiger partial charge in [-0.15, -0.1) is 18.2 Å². The molecular weight excluding hydrogens is 805 g/mol. The molecule has 0 spiro atoms. The first-order chi connectivity index (χ1) is 22.1. The van der Waals surface area contributed by atoms with Gasteiger partial charge in [-0.3, -0.25) is 0 Å². The average molecular weight is 841 g/mol. The molecule has 0 atom stereocenters. The van der Waals surface area contributed by atoms with Crippen LogP contribution in [0.5, 0.6) is 0 Å². The Morgan fingerprint density at radius 1 is 0.696 bits per heavy atom. The predicted molar refractivity (Wildman–Crippen MR) is 189 cm³/mol. The number of rotatable bonds is 4. The molecule has 4 heterocycles. The maximum atomic E-state index is 8.35. The Labute approximate surface area is 287 Å². The summed E-state index contributed by atoms with van der Waals surface area (Å²) in [6.07, 6.45) is 3.78. The van der Waals surface area contributed by atoms with Gasteiger partial charge in [0, 0.05) is 43.8 Å². The zero-order valence-corrected chi connectivity index (χ0v) is 30.9. The molecule has 4 aromatic heterocycles. The van der Waals surface area contributed by atoms with Gasteiger partial charge >= 0.3 is 99.8 Å². The standard InChI is InChI=1S/C26H18NO2.C14H16GeN.Ir/c1-15(2)16-12-13-27-22(14-16)21-8-5-7-18-20-11-10-19-17-6-3-4-9-23(17)28-25(19)26(20)29-24(18)21;1-15(2,3)13-9-10-14(16-11-13)12-7-5-4-6-8-12;/h3-7,9-15H,1-2H3;4-7,9-11H,1-3H3;/q2*-1;/i15D;;. The first-order valence-corrected chi connectivity index (χ1v) is 22.5. The van der Waals surface area contributed by atoms with Crippen molar-refractivity contribution in [2.45, 2.75) is 37.0 Å². The molecule has 46 heavy (non-hydrogen) atoms. The molecule has 0 saturated carbocycles. The van der Waals surface area contributed by atoms with Gasteiger partial charge < -0.3 is 13.8 Å². The van der Waals surface area contributed by atoms with Crippen LogP contribution in [0.25, 0.3) is 66.4 Å². The van der Waals surface area contributed by atoms with Crippen LogP contribution in [0.4, 0.5) is 0 Å². The average Bonchev–Trinajstić information content (AvgIpc) is 3.64. The van der Waals surface area contributed by atoms with Crippen molar-refractivity contribution in [3.63, 3.8) is 0 Å². The fourth-order valence-corrected chi connectivity index (χ4v) is 7.77. The van der Waals surface area contributed by atoms with Crippen LogP contribution in [-0.4, -0.2) is 23.2 Å². The van der Waals surface area contributed by atoms with E-state index in [2.05, 4.69) is 69.7 Å². The minimum Gasteiger partial charge on any atom is 0 e. The Bertz CT molecular complexity index is 2330. The summed E-state index contributed by atoms with van der Waals surface area (Å²) in [6, 6.07) is 38.7. The molecule has 0 bridgehead atoms. The van der Waals surface area contributed by atoms with Crippen LogP contribution in [0.3, 0.4) is 0 Å². The van der Waals surface area contributed by atoms with Crippen LogP contribution in [0.2, 0.25) is 17.3 Å². The summed E-state index contributed by atoms with van der Waals surface area (Å²) >= 11 is -1.72. The van der Waals surface area contributed by atoms with Gasteiger partial charge in [-0.1, -0.05) is 60.7 Å². The first kappa shape index (κ1) is 30.6. The topological polar surface area (TPSA) is 52.1 Å². The van der Waals surface area contributed by atoms with E-state index in [1.807, 2.05) is 86.8 Å². The zero-order valence-electron chi connectivity index (χ0n) is 27.4. The van der Waals surface area contributed by atoms with Crippen molar-refractivity contribution in [2.75, 3.05) is 0 Å². The van der Waals surface area contributed by atoms with E-state index in [9.17, 15) is 0 Å². The molecule has 231 valence electrons. The number of aromatic nitrogens is 2. The molecule has 0 saturated heterocycles. The molecule has 0 amide bonds. The largest absolute Gasteiger partial charge is 0 e. The molecule has 0 unspecified atom stereocenters. The SMILES string of the molecule is [2H]C(C)(C)c1ccnc(-c2[c-]ccc3c2oc2c3ccc3c4ccccc4oc32)c1.[CH3][Ge]([CH3])([CH3])[c]1ccc(-c2[c-]cccc2)nc1.[Ir]. The summed E-state index contributed by atoms with van der Waals surface area (Å²) in [5.74, 6) is 6.43. The van der Waals surface area contributed by atoms with Crippen molar-refractivity contribution in [3.05, 3.63) is 127 Å². The van der Waals surface area contributed by atoms with E-state index in [0.717, 1.165) is 72.0 Å². The Hall–Kier alpha value is -4.03. The fourth-order valence-electron chi connectivity index (χ4n) is 5.60. The molecule has 8 rings (SSSR count). The van der Waals surface area contributed by atoms with Crippen molar-refractivity contribution in [2.24, 2.45) is 0 Å². The van der Waals surface area contributed by atoms with Gasteiger partial charge in [-0.25, -0.2) is 0 Å². The van der Waals surface area contributed by atoms with Crippen LogP contribution in [-0.2, 0) is 20.1 Å². The number of furan rings is 2. The third kappa shape index (κ3) is 6.07. The summed E-state index contributed by atoms with van der Waals surface area (Å²) in [4.78, 5) is 9.07. The van der Waals surface area contributed by atoms with Crippen molar-refractivity contribution >= 4 is 61.5 Å². The number of hydrogen-bond acceptors (Lipinski definition) is 4. The van der Waals surface area contributed by atoms with E-state index >= 15 is 0 Å². The minimum atomic E-state index is -1.72. The van der Waals surface area contributed by atoms with Crippen LogP contribution in [0.15, 0.2) is 118 Å². The second-order valence-electron chi connectivity index (χ2n) is 12.5. The van der Waals surface area contributed by atoms with E-state index in [1.54, 1.807) is 6.20 Å². The second kappa shape index (κ2) is 13.0. The molecule has 6 heteroatoms. The Morgan fingerprint density at radius 2 is 1.43 bits per heavy atom. The number of nitrogens with zero attached hydrogens (tertiary/aromatic N) is 2. The maximum Gasteiger partial charge on any atom is 0 e. The molecule has 0 fully saturated rings. The van der Waals surface area contributed by atoms with Gasteiger partial charge in [0.05, 0.1) is 5.58 Å². The van der Waals surface area contributed by atoms with E-state index in [4.69, 9.17) is 10.2 Å². The zero-order chi connectivity index (χ0) is 32.1. The third-order valence-electron chi connectivity index (χ3n) is 8.15. The normalized spacial score (nSPS) is 12.2. The molecule has 4 aromatic carbocycles. The predicted octanol–water partition coefficient (Wildman–Crippen LogP) is 10.6. The van der Waals surface area contributed by atoms with Gasteiger partial charge in [0.15, 0.2) is 11.2 Å². The summed E-state index contributed by atoms with van der Waals surface area (Å²) < 4.78 is 22.4. The Morgan fingerprint density at radius 3 is 2.15 bits per heavy atom.